The molecule has 0 spiro atoms. The van der Waals surface area contributed by atoms with Crippen molar-refractivity contribution in [1.29, 1.82) is 5.26 Å². The van der Waals surface area contributed by atoms with E-state index < -0.39 is 23.5 Å². The molecule has 1 aliphatic heterocycles. The molecule has 2 aromatic rings. The third kappa shape index (κ3) is 3.90. The lowest BCUT2D eigenvalue weighted by Gasteiger charge is -2.39. The highest BCUT2D eigenvalue weighted by Gasteiger charge is 2.39. The van der Waals surface area contributed by atoms with Crippen LogP contribution >= 0.6 is 0 Å². The summed E-state index contributed by atoms with van der Waals surface area (Å²) in [6.45, 7) is 0.246. The molecule has 1 aromatic carbocycles. The molecule has 2 aliphatic rings. The van der Waals surface area contributed by atoms with Crippen molar-refractivity contribution < 1.29 is 27.1 Å². The van der Waals surface area contributed by atoms with Gasteiger partial charge in [0.15, 0.2) is 0 Å². The molecule has 4 rings (SSSR count). The van der Waals surface area contributed by atoms with E-state index in [1.807, 2.05) is 6.07 Å². The summed E-state index contributed by atoms with van der Waals surface area (Å²) in [6.07, 6.45) is -0.0543. The number of likely N-dealkylation sites (tertiary alicyclic amines) is 1. The predicted octanol–water partition coefficient (Wildman–Crippen LogP) is 5.02. The number of ether oxygens (including phenoxy) is 1. The first-order chi connectivity index (χ1) is 15.2. The number of hydrogen-bond acceptors (Lipinski definition) is 4. The minimum absolute atomic E-state index is 0.0872. The average molecular weight is 447 g/mol. The fourth-order valence-corrected chi connectivity index (χ4v) is 4.57. The van der Waals surface area contributed by atoms with Crippen LogP contribution in [-0.2, 0) is 6.18 Å². The van der Waals surface area contributed by atoms with E-state index in [4.69, 9.17) is 4.74 Å². The van der Waals surface area contributed by atoms with Crippen LogP contribution < -0.4 is 4.74 Å². The van der Waals surface area contributed by atoms with Crippen LogP contribution in [0.25, 0.3) is 0 Å². The number of methoxy groups -OCH3 is 1. The fraction of sp³-hybridized carbons (Fsp3) is 0.435. The van der Waals surface area contributed by atoms with Crippen molar-refractivity contribution in [1.82, 2.24) is 9.88 Å². The number of carbonyl (C=O) groups excluding carboxylic acids is 1. The molecule has 1 saturated carbocycles. The van der Waals surface area contributed by atoms with Crippen molar-refractivity contribution in [2.24, 2.45) is 0 Å². The van der Waals surface area contributed by atoms with Crippen LogP contribution in [0.2, 0.25) is 0 Å². The molecule has 9 heteroatoms. The standard InChI is InChI=1S/C23H21F4N3O2/c1-32-21-14(9-28)6-7-17(13-4-2-3-5-13)19(21)22(31)30-11-15(12-30)20-18(24)8-16(10-29-20)23(25,26)27/h6-8,10,13,15H,2-5,11-12H2,1H3. The van der Waals surface area contributed by atoms with Crippen LogP contribution in [0.5, 0.6) is 5.75 Å². The summed E-state index contributed by atoms with van der Waals surface area (Å²) in [7, 11) is 1.41. The lowest BCUT2D eigenvalue weighted by atomic mass is 9.88. The quantitative estimate of drug-likeness (QED) is 0.618. The zero-order chi connectivity index (χ0) is 23.0. The Morgan fingerprint density at radius 2 is 1.91 bits per heavy atom. The molecule has 1 aromatic heterocycles. The number of aromatic nitrogens is 1. The van der Waals surface area contributed by atoms with E-state index in [2.05, 4.69) is 4.98 Å². The number of nitriles is 1. The van der Waals surface area contributed by atoms with Gasteiger partial charge in [-0.05, 0) is 36.5 Å². The number of carbonyl (C=O) groups is 1. The molecule has 0 radical (unpaired) electrons. The largest absolute Gasteiger partial charge is 0.495 e. The third-order valence-electron chi connectivity index (χ3n) is 6.28. The van der Waals surface area contributed by atoms with Gasteiger partial charge in [0.25, 0.3) is 5.91 Å². The van der Waals surface area contributed by atoms with E-state index in [1.54, 1.807) is 12.1 Å². The first-order valence-corrected chi connectivity index (χ1v) is 10.4. The van der Waals surface area contributed by atoms with Gasteiger partial charge in [-0.15, -0.1) is 0 Å². The average Bonchev–Trinajstić information content (AvgIpc) is 3.26. The summed E-state index contributed by atoms with van der Waals surface area (Å²) < 4.78 is 58.0. The lowest BCUT2D eigenvalue weighted by Crippen LogP contribution is -2.49. The highest BCUT2D eigenvalue weighted by atomic mass is 19.4. The van der Waals surface area contributed by atoms with E-state index in [9.17, 15) is 27.6 Å². The smallest absolute Gasteiger partial charge is 0.417 e. The minimum atomic E-state index is -4.67. The van der Waals surface area contributed by atoms with Gasteiger partial charge < -0.3 is 9.64 Å². The van der Waals surface area contributed by atoms with Gasteiger partial charge in [0, 0.05) is 25.2 Å². The van der Waals surface area contributed by atoms with E-state index in [-0.39, 0.29) is 41.9 Å². The van der Waals surface area contributed by atoms with Crippen molar-refractivity contribution >= 4 is 5.91 Å². The summed E-state index contributed by atoms with van der Waals surface area (Å²) in [5, 5.41) is 9.44. The van der Waals surface area contributed by atoms with Crippen LogP contribution in [0.3, 0.4) is 0 Å². The maximum absolute atomic E-state index is 14.3. The van der Waals surface area contributed by atoms with Gasteiger partial charge in [-0.3, -0.25) is 9.78 Å². The highest BCUT2D eigenvalue weighted by Crippen LogP contribution is 2.41. The molecular weight excluding hydrogens is 426 g/mol. The number of rotatable bonds is 4. The first-order valence-electron chi connectivity index (χ1n) is 10.4. The Hall–Kier alpha value is -3.15. The zero-order valence-electron chi connectivity index (χ0n) is 17.4. The van der Waals surface area contributed by atoms with Crippen molar-refractivity contribution in [3.63, 3.8) is 0 Å². The number of pyridine rings is 1. The minimum Gasteiger partial charge on any atom is -0.495 e. The van der Waals surface area contributed by atoms with Crippen molar-refractivity contribution in [3.05, 3.63) is 58.2 Å². The normalized spacial score (nSPS) is 17.2. The SMILES string of the molecule is COc1c(C#N)ccc(C2CCCC2)c1C(=O)N1CC(c2ncc(C(F)(F)F)cc2F)C1. The number of hydrogen-bond donors (Lipinski definition) is 0. The van der Waals surface area contributed by atoms with E-state index in [0.29, 0.717) is 17.8 Å². The van der Waals surface area contributed by atoms with E-state index in [1.165, 1.54) is 12.0 Å². The molecule has 2 heterocycles. The fourth-order valence-electron chi connectivity index (χ4n) is 4.57. The van der Waals surface area contributed by atoms with E-state index >= 15 is 0 Å². The Morgan fingerprint density at radius 3 is 2.47 bits per heavy atom. The molecule has 0 N–H and O–H groups in total. The number of benzene rings is 1. The van der Waals surface area contributed by atoms with Crippen LogP contribution in [0, 0.1) is 17.1 Å². The molecule has 32 heavy (non-hydrogen) atoms. The monoisotopic (exact) mass is 447 g/mol. The second-order valence-electron chi connectivity index (χ2n) is 8.20. The van der Waals surface area contributed by atoms with Gasteiger partial charge >= 0.3 is 6.18 Å². The van der Waals surface area contributed by atoms with Gasteiger partial charge in [-0.2, -0.15) is 18.4 Å². The van der Waals surface area contributed by atoms with Gasteiger partial charge in [-0.1, -0.05) is 18.9 Å². The van der Waals surface area contributed by atoms with Crippen molar-refractivity contribution in [2.75, 3.05) is 20.2 Å². The van der Waals surface area contributed by atoms with Gasteiger partial charge in [0.1, 0.15) is 17.6 Å². The summed E-state index contributed by atoms with van der Waals surface area (Å²) in [5.74, 6) is -1.44. The summed E-state index contributed by atoms with van der Waals surface area (Å²) in [5.41, 5.74) is 0.203. The molecular formula is C23H21F4N3O2. The first kappa shape index (κ1) is 22.1. The van der Waals surface area contributed by atoms with Gasteiger partial charge in [0.05, 0.1) is 29.5 Å². The molecule has 1 amide bonds. The number of alkyl halides is 3. The molecule has 168 valence electrons. The van der Waals surface area contributed by atoms with Crippen LogP contribution in [0.1, 0.15) is 70.3 Å². The summed E-state index contributed by atoms with van der Waals surface area (Å²) in [4.78, 5) is 18.5. The third-order valence-corrected chi connectivity index (χ3v) is 6.28. The molecule has 1 aliphatic carbocycles. The Kier molecular flexibility index (Phi) is 5.80. The van der Waals surface area contributed by atoms with Gasteiger partial charge in [0.2, 0.25) is 0 Å². The van der Waals surface area contributed by atoms with Crippen LogP contribution in [0.15, 0.2) is 24.4 Å². The van der Waals surface area contributed by atoms with Gasteiger partial charge in [-0.25, -0.2) is 4.39 Å². The summed E-state index contributed by atoms with van der Waals surface area (Å²) in [6, 6.07) is 5.94. The maximum atomic E-state index is 14.3. The number of amides is 1. The molecule has 2 fully saturated rings. The molecule has 0 atom stereocenters. The Balaban J connectivity index is 1.59. The molecule has 5 nitrogen and oxygen atoms in total. The number of nitrogens with zero attached hydrogens (tertiary/aromatic N) is 3. The van der Waals surface area contributed by atoms with Crippen molar-refractivity contribution in [3.8, 4) is 11.8 Å². The highest BCUT2D eigenvalue weighted by molar-refractivity contribution is 6.00. The predicted molar refractivity (Wildman–Crippen MR) is 107 cm³/mol. The second-order valence-corrected chi connectivity index (χ2v) is 8.20. The topological polar surface area (TPSA) is 66.2 Å². The van der Waals surface area contributed by atoms with Crippen LogP contribution in [0.4, 0.5) is 17.6 Å². The molecule has 0 unspecified atom stereocenters. The molecule has 0 bridgehead atoms. The molecule has 1 saturated heterocycles. The lowest BCUT2D eigenvalue weighted by molar-refractivity contribution is -0.138. The van der Waals surface area contributed by atoms with E-state index in [0.717, 1.165) is 31.2 Å². The Morgan fingerprint density at radius 1 is 1.22 bits per heavy atom. The maximum Gasteiger partial charge on any atom is 0.417 e. The number of halogens is 4. The second kappa shape index (κ2) is 8.41. The summed E-state index contributed by atoms with van der Waals surface area (Å²) >= 11 is 0. The van der Waals surface area contributed by atoms with Crippen molar-refractivity contribution in [2.45, 2.75) is 43.7 Å². The Bertz CT molecular complexity index is 1080. The Labute approximate surface area is 182 Å². The van der Waals surface area contributed by atoms with Crippen LogP contribution in [-0.4, -0.2) is 36.0 Å². The zero-order valence-corrected chi connectivity index (χ0v) is 17.4.